The summed E-state index contributed by atoms with van der Waals surface area (Å²) in [5.41, 5.74) is 7.32. The van der Waals surface area contributed by atoms with Crippen LogP contribution in [0.15, 0.2) is 42.6 Å². The van der Waals surface area contributed by atoms with Crippen LogP contribution in [0.1, 0.15) is 21.5 Å². The molecule has 2 heterocycles. The number of halogens is 4. The van der Waals surface area contributed by atoms with Gasteiger partial charge >= 0.3 is 6.18 Å². The Labute approximate surface area is 180 Å². The summed E-state index contributed by atoms with van der Waals surface area (Å²) in [6.45, 7) is 0.118. The maximum Gasteiger partial charge on any atom is 0.416 e. The topological polar surface area (TPSA) is 77.0 Å². The molecule has 0 bridgehead atoms. The van der Waals surface area contributed by atoms with Crippen LogP contribution in [0.2, 0.25) is 5.02 Å². The molecular formula is C21H17ClF3N5O. The van der Waals surface area contributed by atoms with Gasteiger partial charge in [0.05, 0.1) is 38.8 Å². The van der Waals surface area contributed by atoms with Crippen molar-refractivity contribution >= 4 is 45.1 Å². The molecule has 4 rings (SSSR count). The molecule has 0 aliphatic heterocycles. The van der Waals surface area contributed by atoms with Crippen LogP contribution in [0.4, 0.5) is 19.0 Å². The second-order valence-corrected chi connectivity index (χ2v) is 7.64. The molecule has 0 aliphatic rings. The molecule has 2 N–H and O–H groups in total. The highest BCUT2D eigenvalue weighted by Crippen LogP contribution is 2.32. The number of amides is 1. The number of pyridine rings is 1. The molecule has 4 aromatic rings. The Morgan fingerprint density at radius 3 is 2.52 bits per heavy atom. The number of aromatic nitrogens is 3. The van der Waals surface area contributed by atoms with E-state index in [1.54, 1.807) is 37.1 Å². The number of hydrogen-bond donors (Lipinski definition) is 1. The molecular weight excluding hydrogens is 431 g/mol. The number of aryl methyl sites for hydroxylation is 1. The van der Waals surface area contributed by atoms with E-state index in [1.165, 1.54) is 17.0 Å². The molecule has 2 aromatic carbocycles. The number of nitrogen functional groups attached to an aromatic ring is 1. The first-order valence-corrected chi connectivity index (χ1v) is 9.56. The average Bonchev–Trinajstić information content (AvgIpc) is 3.09. The summed E-state index contributed by atoms with van der Waals surface area (Å²) < 4.78 is 39.9. The van der Waals surface area contributed by atoms with Gasteiger partial charge in [-0.15, -0.1) is 0 Å². The van der Waals surface area contributed by atoms with Crippen LogP contribution in [0.5, 0.6) is 0 Å². The van der Waals surface area contributed by atoms with Gasteiger partial charge in [-0.1, -0.05) is 23.7 Å². The molecule has 160 valence electrons. The lowest BCUT2D eigenvalue weighted by molar-refractivity contribution is -0.137. The van der Waals surface area contributed by atoms with Gasteiger partial charge in [-0.05, 0) is 29.8 Å². The van der Waals surface area contributed by atoms with E-state index >= 15 is 0 Å². The number of alkyl halides is 3. The lowest BCUT2D eigenvalue weighted by atomic mass is 10.1. The summed E-state index contributed by atoms with van der Waals surface area (Å²) in [4.78, 5) is 18.8. The molecule has 0 aliphatic carbocycles. The number of anilines is 1. The van der Waals surface area contributed by atoms with Crippen molar-refractivity contribution in [2.75, 3.05) is 12.8 Å². The SMILES string of the molecule is CN(Cc1ccc(C(F)(F)F)cc1)C(=O)c1cc2c(cc1Cl)nc(N)c1cnn(C)c12. The Balaban J connectivity index is 1.68. The molecule has 0 fully saturated rings. The molecule has 0 spiro atoms. The van der Waals surface area contributed by atoms with Crippen LogP contribution in [0.25, 0.3) is 21.8 Å². The average molecular weight is 448 g/mol. The number of nitrogens with zero attached hydrogens (tertiary/aromatic N) is 4. The van der Waals surface area contributed by atoms with Crippen molar-refractivity contribution in [3.63, 3.8) is 0 Å². The third-order valence-corrected chi connectivity index (χ3v) is 5.39. The smallest absolute Gasteiger partial charge is 0.383 e. The van der Waals surface area contributed by atoms with E-state index in [-0.39, 0.29) is 23.0 Å². The second-order valence-electron chi connectivity index (χ2n) is 7.23. The summed E-state index contributed by atoms with van der Waals surface area (Å²) in [6.07, 6.45) is -2.81. The highest BCUT2D eigenvalue weighted by molar-refractivity contribution is 6.35. The minimum atomic E-state index is -4.41. The maximum absolute atomic E-state index is 13.1. The molecule has 0 unspecified atom stereocenters. The number of hydrogen-bond acceptors (Lipinski definition) is 4. The third-order valence-electron chi connectivity index (χ3n) is 5.07. The van der Waals surface area contributed by atoms with Crippen molar-refractivity contribution in [1.29, 1.82) is 0 Å². The molecule has 0 atom stereocenters. The van der Waals surface area contributed by atoms with Crippen LogP contribution < -0.4 is 5.73 Å². The number of benzene rings is 2. The molecule has 2 aromatic heterocycles. The highest BCUT2D eigenvalue weighted by atomic mass is 35.5. The Kier molecular flexibility index (Phi) is 5.01. The number of fused-ring (bicyclic) bond motifs is 3. The van der Waals surface area contributed by atoms with Gasteiger partial charge in [0.1, 0.15) is 5.82 Å². The predicted octanol–water partition coefficient (Wildman–Crippen LogP) is 4.65. The van der Waals surface area contributed by atoms with Gasteiger partial charge in [0.15, 0.2) is 0 Å². The molecule has 10 heteroatoms. The zero-order valence-corrected chi connectivity index (χ0v) is 17.3. The van der Waals surface area contributed by atoms with E-state index in [4.69, 9.17) is 17.3 Å². The quantitative estimate of drug-likeness (QED) is 0.496. The van der Waals surface area contributed by atoms with Crippen LogP contribution in [0, 0.1) is 0 Å². The van der Waals surface area contributed by atoms with E-state index in [2.05, 4.69) is 10.1 Å². The normalized spacial score (nSPS) is 11.9. The fourth-order valence-corrected chi connectivity index (χ4v) is 3.73. The molecule has 31 heavy (non-hydrogen) atoms. The van der Waals surface area contributed by atoms with E-state index in [9.17, 15) is 18.0 Å². The Morgan fingerprint density at radius 1 is 1.19 bits per heavy atom. The number of nitrogens with two attached hydrogens (primary N) is 1. The van der Waals surface area contributed by atoms with E-state index in [0.29, 0.717) is 27.7 Å². The second kappa shape index (κ2) is 7.42. The van der Waals surface area contributed by atoms with Crippen molar-refractivity contribution < 1.29 is 18.0 Å². The fourth-order valence-electron chi connectivity index (χ4n) is 3.49. The van der Waals surface area contributed by atoms with Crippen LogP contribution in [-0.4, -0.2) is 32.6 Å². The van der Waals surface area contributed by atoms with E-state index in [0.717, 1.165) is 17.6 Å². The monoisotopic (exact) mass is 447 g/mol. The lowest BCUT2D eigenvalue weighted by Gasteiger charge is -2.19. The zero-order valence-electron chi connectivity index (χ0n) is 16.5. The minimum Gasteiger partial charge on any atom is -0.383 e. The van der Waals surface area contributed by atoms with Gasteiger partial charge in [-0.25, -0.2) is 4.98 Å². The minimum absolute atomic E-state index is 0.118. The van der Waals surface area contributed by atoms with Gasteiger partial charge in [0.25, 0.3) is 5.91 Å². The van der Waals surface area contributed by atoms with Crippen molar-refractivity contribution in [3.8, 4) is 0 Å². The molecule has 6 nitrogen and oxygen atoms in total. The van der Waals surface area contributed by atoms with Crippen LogP contribution >= 0.6 is 11.6 Å². The van der Waals surface area contributed by atoms with E-state index in [1.807, 2.05) is 0 Å². The van der Waals surface area contributed by atoms with Gasteiger partial charge in [0, 0.05) is 26.0 Å². The van der Waals surface area contributed by atoms with E-state index < -0.39 is 11.7 Å². The zero-order chi connectivity index (χ0) is 22.5. The van der Waals surface area contributed by atoms with Crippen LogP contribution in [-0.2, 0) is 19.8 Å². The summed E-state index contributed by atoms with van der Waals surface area (Å²) in [7, 11) is 3.31. The summed E-state index contributed by atoms with van der Waals surface area (Å²) in [5, 5.41) is 5.73. The van der Waals surface area contributed by atoms with Crippen molar-refractivity contribution in [2.45, 2.75) is 12.7 Å². The highest BCUT2D eigenvalue weighted by Gasteiger charge is 2.30. The molecule has 0 saturated heterocycles. The predicted molar refractivity (Wildman–Crippen MR) is 113 cm³/mol. The Morgan fingerprint density at radius 2 is 1.87 bits per heavy atom. The van der Waals surface area contributed by atoms with Gasteiger partial charge < -0.3 is 10.6 Å². The third kappa shape index (κ3) is 3.76. The van der Waals surface area contributed by atoms with Crippen molar-refractivity contribution in [3.05, 3.63) is 64.3 Å². The lowest BCUT2D eigenvalue weighted by Crippen LogP contribution is -2.26. The van der Waals surface area contributed by atoms with Gasteiger partial charge in [-0.3, -0.25) is 9.48 Å². The fraction of sp³-hybridized carbons (Fsp3) is 0.190. The summed E-state index contributed by atoms with van der Waals surface area (Å²) in [5.74, 6) is -0.0656. The van der Waals surface area contributed by atoms with Crippen LogP contribution in [0.3, 0.4) is 0 Å². The Hall–Kier alpha value is -3.33. The van der Waals surface area contributed by atoms with Crippen molar-refractivity contribution in [1.82, 2.24) is 19.7 Å². The Bertz CT molecular complexity index is 1320. The standard InChI is InChI=1S/C21H17ClF3N5O/c1-29(10-11-3-5-12(6-4-11)21(23,24)25)20(31)13-7-14-17(8-16(13)22)28-19(26)15-9-27-30(2)18(14)15/h3-9H,10H2,1-2H3,(H2,26,28). The summed E-state index contributed by atoms with van der Waals surface area (Å²) >= 11 is 6.36. The van der Waals surface area contributed by atoms with Gasteiger partial charge in [-0.2, -0.15) is 18.3 Å². The maximum atomic E-state index is 13.1. The first-order valence-electron chi connectivity index (χ1n) is 9.18. The number of rotatable bonds is 3. The number of carbonyl (C=O) groups excluding carboxylic acids is 1. The largest absolute Gasteiger partial charge is 0.416 e. The number of carbonyl (C=O) groups is 1. The summed E-state index contributed by atoms with van der Waals surface area (Å²) in [6, 6.07) is 7.89. The molecule has 1 amide bonds. The molecule has 0 saturated carbocycles. The first kappa shape index (κ1) is 20.9. The first-order chi connectivity index (χ1) is 14.6. The molecule has 0 radical (unpaired) electrons. The van der Waals surface area contributed by atoms with Crippen molar-refractivity contribution in [2.24, 2.45) is 7.05 Å². The van der Waals surface area contributed by atoms with Gasteiger partial charge in [0.2, 0.25) is 0 Å².